The van der Waals surface area contributed by atoms with Crippen LogP contribution in [0, 0.1) is 38.5 Å². The van der Waals surface area contributed by atoms with Crippen molar-refractivity contribution in [2.45, 2.75) is 89.4 Å². The van der Waals surface area contributed by atoms with Crippen LogP contribution in [0.25, 0.3) is 0 Å². The fraction of sp³-hybridized carbons (Fsp3) is 0.900. The molecule has 0 aromatic heterocycles. The molecule has 3 rings (SSSR count). The van der Waals surface area contributed by atoms with Crippen molar-refractivity contribution in [2.24, 2.45) is 23.7 Å². The van der Waals surface area contributed by atoms with E-state index in [4.69, 9.17) is 17.0 Å². The molecule has 3 saturated carbocycles. The Morgan fingerprint density at radius 3 is 2.08 bits per heavy atom. The average Bonchev–Trinajstić information content (AvgIpc) is 3.08. The molecular weight excluding hydrogens is 430 g/mol. The maximum absolute atomic E-state index is 4.93. The monoisotopic (exact) mass is 468 g/mol. The van der Waals surface area contributed by atoms with E-state index in [-0.39, 0.29) is 14.9 Å². The zero-order chi connectivity index (χ0) is 16.2. The number of rotatable bonds is 3. The van der Waals surface area contributed by atoms with Crippen LogP contribution in [0.4, 0.5) is 0 Å². The van der Waals surface area contributed by atoms with Gasteiger partial charge in [-0.15, -0.1) is 0 Å². The van der Waals surface area contributed by atoms with E-state index < -0.39 is 28.9 Å². The summed E-state index contributed by atoms with van der Waals surface area (Å²) in [7, 11) is 9.01. The Hall–Kier alpha value is 1.68. The first-order chi connectivity index (χ1) is 10.5. The second-order valence-corrected chi connectivity index (χ2v) is 18.4. The Bertz CT molecular complexity index is 332. The molecule has 4 heteroatoms. The van der Waals surface area contributed by atoms with Crippen LogP contribution in [-0.2, 0) is 20.8 Å². The van der Waals surface area contributed by atoms with Crippen molar-refractivity contribution in [3.05, 3.63) is 14.9 Å². The number of halogens is 2. The van der Waals surface area contributed by atoms with E-state index in [1.54, 1.807) is 57.8 Å². The Labute approximate surface area is 172 Å². The Morgan fingerprint density at radius 1 is 0.875 bits per heavy atom. The van der Waals surface area contributed by atoms with E-state index in [0.29, 0.717) is 0 Å². The molecule has 142 valence electrons. The molecule has 3 aliphatic carbocycles. The van der Waals surface area contributed by atoms with Crippen LogP contribution in [0.1, 0.15) is 64.2 Å². The van der Waals surface area contributed by atoms with Crippen LogP contribution in [0.15, 0.2) is 0 Å². The van der Waals surface area contributed by atoms with Crippen LogP contribution in [0.5, 0.6) is 0 Å². The van der Waals surface area contributed by atoms with Crippen LogP contribution in [-0.4, -0.2) is 8.07 Å². The molecule has 0 spiro atoms. The predicted molar refractivity (Wildman–Crippen MR) is 112 cm³/mol. The van der Waals surface area contributed by atoms with E-state index in [1.165, 1.54) is 6.42 Å². The van der Waals surface area contributed by atoms with Gasteiger partial charge in [-0.25, -0.2) is 0 Å². The van der Waals surface area contributed by atoms with Gasteiger partial charge in [0.2, 0.25) is 0 Å². The zero-order valence-corrected chi connectivity index (χ0v) is 21.7. The Balaban J connectivity index is 0.000000988. The van der Waals surface area contributed by atoms with Gasteiger partial charge in [-0.2, -0.15) is 0 Å². The minimum absolute atomic E-state index is 0. The molecule has 0 nitrogen and oxygen atoms in total. The van der Waals surface area contributed by atoms with Gasteiger partial charge in [0.25, 0.3) is 0 Å². The summed E-state index contributed by atoms with van der Waals surface area (Å²) in [6, 6.07) is 0. The van der Waals surface area contributed by atoms with Crippen molar-refractivity contribution >= 4 is 25.1 Å². The molecule has 0 amide bonds. The third-order valence-corrected chi connectivity index (χ3v) is 9.86. The molecule has 0 aliphatic heterocycles. The molecule has 24 heavy (non-hydrogen) atoms. The second kappa shape index (κ2) is 12.2. The van der Waals surface area contributed by atoms with Crippen molar-refractivity contribution in [1.82, 2.24) is 0 Å². The molecule has 0 radical (unpaired) electrons. The maximum atomic E-state index is 4.93. The molecule has 0 aromatic carbocycles. The van der Waals surface area contributed by atoms with Crippen molar-refractivity contribution in [3.63, 3.8) is 0 Å². The first-order valence-electron chi connectivity index (χ1n) is 9.42. The van der Waals surface area contributed by atoms with Crippen molar-refractivity contribution in [2.75, 3.05) is 0 Å². The summed E-state index contributed by atoms with van der Waals surface area (Å²) >= 11 is -0.826. The standard InChI is InChI=1S/C18H34Si.2CH3.2ClH.Zr/c1-19(2,3)17-11-8-14(13-17)12-16-10-9-15-6-4-5-7-18(15)16;;;;;/h14-18H,4-13H2,1-3H3;2*1H3;2*1H;/q;2*-1;;;+4/p-2. The predicted octanol–water partition coefficient (Wildman–Crippen LogP) is 8.38. The van der Waals surface area contributed by atoms with Crippen LogP contribution in [0.2, 0.25) is 25.2 Å². The number of fused-ring (bicyclic) bond motifs is 1. The third-order valence-electron chi connectivity index (χ3n) is 6.88. The first kappa shape index (κ1) is 25.7. The summed E-state index contributed by atoms with van der Waals surface area (Å²) < 4.78 is 0. The fourth-order valence-electron chi connectivity index (χ4n) is 5.65. The summed E-state index contributed by atoms with van der Waals surface area (Å²) in [5.74, 6) is 4.55. The number of hydrogen-bond acceptors (Lipinski definition) is 0. The molecule has 3 aliphatic rings. The van der Waals surface area contributed by atoms with Gasteiger partial charge in [-0.1, -0.05) is 51.7 Å². The Kier molecular flexibility index (Phi) is 13.1. The van der Waals surface area contributed by atoms with Crippen LogP contribution >= 0.6 is 17.0 Å². The van der Waals surface area contributed by atoms with E-state index >= 15 is 0 Å². The fourth-order valence-corrected chi connectivity index (χ4v) is 7.73. The van der Waals surface area contributed by atoms with Gasteiger partial charge in [0.1, 0.15) is 0 Å². The molecule has 3 fully saturated rings. The second-order valence-electron chi connectivity index (χ2n) is 9.09. The molecule has 0 aromatic rings. The summed E-state index contributed by atoms with van der Waals surface area (Å²) in [6.07, 6.45) is 15.8. The van der Waals surface area contributed by atoms with Gasteiger partial charge in [0.15, 0.2) is 0 Å². The molecule has 0 N–H and O–H groups in total. The SMILES string of the molecule is C[Si](C)(C)C1CCC(CC2CCC3CCCCC32)C1.[CH3-].[CH3-].[Cl][Zr+2][Cl]. The summed E-state index contributed by atoms with van der Waals surface area (Å²) in [5.41, 5.74) is 1.14. The first-order valence-corrected chi connectivity index (χ1v) is 19.3. The third kappa shape index (κ3) is 7.36. The zero-order valence-electron chi connectivity index (χ0n) is 16.7. The number of hydrogen-bond donors (Lipinski definition) is 0. The van der Waals surface area contributed by atoms with Gasteiger partial charge >= 0.3 is 37.9 Å². The molecule has 0 saturated heterocycles. The summed E-state index contributed by atoms with van der Waals surface area (Å²) in [4.78, 5) is 0. The average molecular weight is 471 g/mol. The summed E-state index contributed by atoms with van der Waals surface area (Å²) in [6.45, 7) is 7.77. The van der Waals surface area contributed by atoms with E-state index in [9.17, 15) is 0 Å². The van der Waals surface area contributed by atoms with E-state index in [1.807, 2.05) is 0 Å². The molecule has 0 heterocycles. The van der Waals surface area contributed by atoms with Crippen molar-refractivity contribution in [1.29, 1.82) is 0 Å². The quantitative estimate of drug-likeness (QED) is 0.287. The molecular formula is C20H40Cl2SiZr. The molecule has 5 atom stereocenters. The van der Waals surface area contributed by atoms with E-state index in [0.717, 1.165) is 29.2 Å². The molecule has 5 unspecified atom stereocenters. The van der Waals surface area contributed by atoms with Gasteiger partial charge < -0.3 is 14.9 Å². The van der Waals surface area contributed by atoms with Crippen molar-refractivity contribution < 1.29 is 20.8 Å². The minimum atomic E-state index is -0.856. The topological polar surface area (TPSA) is 0 Å². The van der Waals surface area contributed by atoms with Gasteiger partial charge in [0, 0.05) is 8.07 Å². The Morgan fingerprint density at radius 2 is 1.50 bits per heavy atom. The summed E-state index contributed by atoms with van der Waals surface area (Å²) in [5, 5.41) is 0. The van der Waals surface area contributed by atoms with Crippen LogP contribution < -0.4 is 0 Å². The van der Waals surface area contributed by atoms with Gasteiger partial charge in [-0.3, -0.25) is 0 Å². The van der Waals surface area contributed by atoms with Crippen molar-refractivity contribution in [3.8, 4) is 0 Å². The normalized spacial score (nSPS) is 34.8. The van der Waals surface area contributed by atoms with Crippen LogP contribution in [0.3, 0.4) is 0 Å². The van der Waals surface area contributed by atoms with E-state index in [2.05, 4.69) is 19.6 Å². The van der Waals surface area contributed by atoms with Gasteiger partial charge in [-0.05, 0) is 61.3 Å². The molecule has 0 bridgehead atoms. The van der Waals surface area contributed by atoms with Gasteiger partial charge in [0.05, 0.1) is 0 Å².